The highest BCUT2D eigenvalue weighted by Gasteiger charge is 2.15. The number of hydrogen-bond acceptors (Lipinski definition) is 4. The zero-order valence-electron chi connectivity index (χ0n) is 7.23. The van der Waals surface area contributed by atoms with Gasteiger partial charge >= 0.3 is 0 Å². The maximum absolute atomic E-state index is 3.40. The molecule has 12 heavy (non-hydrogen) atoms. The summed E-state index contributed by atoms with van der Waals surface area (Å²) in [5.41, 5.74) is 0. The topological polar surface area (TPSA) is 39.3 Å². The minimum atomic E-state index is 0.689. The van der Waals surface area contributed by atoms with Crippen molar-refractivity contribution in [3.8, 4) is 0 Å². The lowest BCUT2D eigenvalue weighted by Crippen LogP contribution is -2.59. The molecule has 0 amide bonds. The predicted molar refractivity (Wildman–Crippen MR) is 54.0 cm³/mol. The van der Waals surface area contributed by atoms with Crippen molar-refractivity contribution in [2.24, 2.45) is 0 Å². The molecule has 1 rings (SSSR count). The Labute approximate surface area is 84.2 Å². The Bertz CT molecular complexity index is 118. The summed E-state index contributed by atoms with van der Waals surface area (Å²) in [6, 6.07) is 0.689. The fourth-order valence-electron chi connectivity index (χ4n) is 0.701. The van der Waals surface area contributed by atoms with E-state index >= 15 is 0 Å². The zero-order chi connectivity index (χ0) is 8.81. The van der Waals surface area contributed by atoms with Crippen molar-refractivity contribution in [2.75, 3.05) is 0 Å². The summed E-state index contributed by atoms with van der Waals surface area (Å²) >= 11 is 0. The van der Waals surface area contributed by atoms with E-state index in [0.717, 1.165) is 19.7 Å². The van der Waals surface area contributed by atoms with Gasteiger partial charge in [-0.25, -0.2) is 0 Å². The average Bonchev–Trinajstić information content (AvgIpc) is 2.02. The summed E-state index contributed by atoms with van der Waals surface area (Å²) in [6.45, 7) is 4.52. The van der Waals surface area contributed by atoms with Crippen LogP contribution < -0.4 is 13.9 Å². The van der Waals surface area contributed by atoms with Crippen molar-refractivity contribution in [2.45, 2.75) is 26.3 Å². The van der Waals surface area contributed by atoms with E-state index in [-0.39, 0.29) is 0 Å². The summed E-state index contributed by atoms with van der Waals surface area (Å²) in [7, 11) is 2.90. The van der Waals surface area contributed by atoms with Gasteiger partial charge in [-0.05, 0) is 12.5 Å². The molecule has 3 N–H and O–H groups in total. The first kappa shape index (κ1) is 10.8. The fraction of sp³-hybridized carbons (Fsp3) is 1.00. The van der Waals surface area contributed by atoms with Gasteiger partial charge in [-0.1, -0.05) is 13.8 Å². The normalized spacial score (nSPS) is 24.5. The molecule has 4 nitrogen and oxygen atoms in total. The molecule has 64 valence electrons. The largest absolute Gasteiger partial charge is 0.337 e. The van der Waals surface area contributed by atoms with Gasteiger partial charge < -0.3 is 18.2 Å². The molecule has 1 fully saturated rings. The Morgan fingerprint density at radius 2 is 1.75 bits per heavy atom. The van der Waals surface area contributed by atoms with E-state index in [9.17, 15) is 0 Å². The number of hydrogen-bond donors (Lipinski definition) is 3. The highest BCUT2D eigenvalue weighted by molar-refractivity contribution is 6.65. The first-order valence-corrected chi connectivity index (χ1v) is 7.79. The Kier molecular flexibility index (Phi) is 5.58. The van der Waals surface area contributed by atoms with E-state index < -0.39 is 0 Å². The lowest BCUT2D eigenvalue weighted by Gasteiger charge is -2.28. The second kappa shape index (κ2) is 6.21. The minimum Gasteiger partial charge on any atom is -0.337 e. The highest BCUT2D eigenvalue weighted by Crippen LogP contribution is 1.97. The molecule has 0 aromatic carbocycles. The lowest BCUT2D eigenvalue weighted by molar-refractivity contribution is 0.487. The molecule has 0 bridgehead atoms. The maximum atomic E-state index is 3.40. The van der Waals surface area contributed by atoms with Crippen LogP contribution >= 0.6 is 0 Å². The highest BCUT2D eigenvalue weighted by atomic mass is 28.4. The van der Waals surface area contributed by atoms with E-state index in [4.69, 9.17) is 0 Å². The van der Waals surface area contributed by atoms with Gasteiger partial charge in [0.25, 0.3) is 0 Å². The van der Waals surface area contributed by atoms with E-state index in [1.54, 1.807) is 0 Å². The van der Waals surface area contributed by atoms with Crippen LogP contribution in [0.4, 0.5) is 0 Å². The monoisotopic (exact) mass is 228 g/mol. The molecule has 0 aromatic rings. The molecule has 1 atom stereocenters. The second-order valence-corrected chi connectivity index (χ2v) is 7.83. The molecule has 8 heteroatoms. The molecular weight excluding hydrogens is 216 g/mol. The molecule has 1 saturated heterocycles. The van der Waals surface area contributed by atoms with Crippen LogP contribution in [-0.2, 0) is 0 Å². The lowest BCUT2D eigenvalue weighted by atomic mass is 10.3. The summed E-state index contributed by atoms with van der Waals surface area (Å²) in [6.07, 6.45) is 1.23. The van der Waals surface area contributed by atoms with Crippen LogP contribution in [-0.4, -0.2) is 49.6 Å². The van der Waals surface area contributed by atoms with Crippen LogP contribution in [0.5, 0.6) is 0 Å². The van der Waals surface area contributed by atoms with Crippen molar-refractivity contribution in [1.29, 1.82) is 0 Å². The summed E-state index contributed by atoms with van der Waals surface area (Å²) in [5, 5.41) is 0. The van der Waals surface area contributed by atoms with Gasteiger partial charge in [0, 0.05) is 0 Å². The van der Waals surface area contributed by atoms with Gasteiger partial charge in [0.1, 0.15) is 0 Å². The molecule has 1 aliphatic heterocycles. The summed E-state index contributed by atoms with van der Waals surface area (Å²) in [5.74, 6) is 0. The molecule has 0 saturated carbocycles. The first-order valence-electron chi connectivity index (χ1n) is 3.90. The van der Waals surface area contributed by atoms with Gasteiger partial charge in [0.05, 0.1) is 0 Å². The van der Waals surface area contributed by atoms with Gasteiger partial charge in [-0.2, -0.15) is 0 Å². The van der Waals surface area contributed by atoms with Crippen LogP contribution in [0.1, 0.15) is 20.3 Å². The minimum absolute atomic E-state index is 0.689. The summed E-state index contributed by atoms with van der Waals surface area (Å²) in [4.78, 5) is 0. The second-order valence-electron chi connectivity index (χ2n) is 2.48. The molecule has 0 aliphatic carbocycles. The Hall–Kier alpha value is 0.708. The van der Waals surface area contributed by atoms with E-state index in [2.05, 4.69) is 32.0 Å². The summed E-state index contributed by atoms with van der Waals surface area (Å²) < 4.78 is 12.6. The molecular formula is C4H12N4Si4. The van der Waals surface area contributed by atoms with Gasteiger partial charge in [-0.15, -0.1) is 0 Å². The average molecular weight is 229 g/mol. The molecule has 1 unspecified atom stereocenters. The van der Waals surface area contributed by atoms with Crippen LogP contribution in [0.25, 0.3) is 0 Å². The van der Waals surface area contributed by atoms with Gasteiger partial charge in [-0.3, -0.25) is 0 Å². The van der Waals surface area contributed by atoms with E-state index in [1.807, 2.05) is 0 Å². The zero-order valence-corrected chi connectivity index (χ0v) is 11.2. The third-order valence-corrected chi connectivity index (χ3v) is 6.56. The molecule has 8 radical (unpaired) electrons. The Balaban J connectivity index is 2.29. The Morgan fingerprint density at radius 1 is 1.17 bits per heavy atom. The molecule has 0 spiro atoms. The SMILES string of the molecule is CCC(C)N1[Si]N[Si]N[Si]N[Si]1. The third kappa shape index (κ3) is 3.61. The van der Waals surface area contributed by atoms with E-state index in [1.165, 1.54) is 6.42 Å². The quantitative estimate of drug-likeness (QED) is 0.479. The van der Waals surface area contributed by atoms with Crippen molar-refractivity contribution in [3.63, 3.8) is 0 Å². The maximum Gasteiger partial charge on any atom is 0.234 e. The fourth-order valence-corrected chi connectivity index (χ4v) is 6.02. The van der Waals surface area contributed by atoms with Gasteiger partial charge in [0.15, 0.2) is 0 Å². The predicted octanol–water partition coefficient (Wildman–Crippen LogP) is -1.99. The van der Waals surface area contributed by atoms with Crippen LogP contribution in [0.2, 0.25) is 0 Å². The molecule has 1 heterocycles. The number of rotatable bonds is 2. The molecule has 1 aliphatic rings. The van der Waals surface area contributed by atoms with Crippen LogP contribution in [0.3, 0.4) is 0 Å². The van der Waals surface area contributed by atoms with Crippen LogP contribution in [0, 0.1) is 0 Å². The van der Waals surface area contributed by atoms with E-state index in [0.29, 0.717) is 25.7 Å². The van der Waals surface area contributed by atoms with Crippen molar-refractivity contribution in [3.05, 3.63) is 0 Å². The van der Waals surface area contributed by atoms with Crippen molar-refractivity contribution < 1.29 is 0 Å². The third-order valence-electron chi connectivity index (χ3n) is 1.63. The van der Waals surface area contributed by atoms with Crippen molar-refractivity contribution in [1.82, 2.24) is 18.2 Å². The Morgan fingerprint density at radius 3 is 2.25 bits per heavy atom. The van der Waals surface area contributed by atoms with Crippen molar-refractivity contribution >= 4 is 39.4 Å². The molecule has 0 aromatic heterocycles. The smallest absolute Gasteiger partial charge is 0.234 e. The number of nitrogens with zero attached hydrogens (tertiary/aromatic N) is 1. The van der Waals surface area contributed by atoms with Crippen LogP contribution in [0.15, 0.2) is 0 Å². The number of nitrogens with one attached hydrogen (secondary N) is 3. The van der Waals surface area contributed by atoms with Gasteiger partial charge in [0.2, 0.25) is 39.4 Å². The standard InChI is InChI=1S/C4H12N4Si4/c1-3-4(2)8-11-6-9-5-10-7-12-8/h4-7H,3H2,1-2H3. The first-order chi connectivity index (χ1) is 5.84.